The van der Waals surface area contributed by atoms with Crippen molar-refractivity contribution in [2.75, 3.05) is 44.9 Å². The first-order valence-electron chi connectivity index (χ1n) is 5.60. The lowest BCUT2D eigenvalue weighted by Crippen LogP contribution is -2.46. The number of nitrogens with one attached hydrogen (secondary N) is 1. The minimum atomic E-state index is -0.672. The van der Waals surface area contributed by atoms with Gasteiger partial charge in [-0.3, -0.25) is 4.21 Å². The van der Waals surface area contributed by atoms with Gasteiger partial charge in [-0.05, 0) is 25.1 Å². The van der Waals surface area contributed by atoms with Crippen LogP contribution in [-0.4, -0.2) is 59.1 Å². The fraction of sp³-hybridized carbons (Fsp3) is 0.900. The second kappa shape index (κ2) is 7.97. The Hall–Kier alpha value is -0.200. The molecule has 0 saturated carbocycles. The highest BCUT2D eigenvalue weighted by Gasteiger charge is 2.12. The van der Waals surface area contributed by atoms with E-state index in [4.69, 9.17) is 17.0 Å². The summed E-state index contributed by atoms with van der Waals surface area (Å²) >= 11 is 5.27. The van der Waals surface area contributed by atoms with Gasteiger partial charge in [0.25, 0.3) is 0 Å². The molecule has 0 aromatic carbocycles. The zero-order valence-corrected chi connectivity index (χ0v) is 11.4. The Balaban J connectivity index is 2.03. The van der Waals surface area contributed by atoms with E-state index < -0.39 is 10.8 Å². The summed E-state index contributed by atoms with van der Waals surface area (Å²) < 4.78 is 16.1. The molecule has 94 valence electrons. The third-order valence-electron chi connectivity index (χ3n) is 2.43. The van der Waals surface area contributed by atoms with Crippen LogP contribution in [0.2, 0.25) is 0 Å². The number of unbranched alkanes of at least 4 members (excludes halogenated alkanes) is 1. The summed E-state index contributed by atoms with van der Waals surface area (Å²) in [5, 5.41) is 4.05. The number of rotatable bonds is 5. The minimum absolute atomic E-state index is 0.672. The molecule has 1 rings (SSSR count). The fourth-order valence-electron chi connectivity index (χ4n) is 1.50. The third kappa shape index (κ3) is 5.77. The van der Waals surface area contributed by atoms with Crippen molar-refractivity contribution in [1.29, 1.82) is 0 Å². The predicted molar refractivity (Wildman–Crippen MR) is 71.2 cm³/mol. The second-order valence-corrected chi connectivity index (χ2v) is 5.76. The summed E-state index contributed by atoms with van der Waals surface area (Å²) in [4.78, 5) is 2.14. The molecule has 0 aliphatic carbocycles. The van der Waals surface area contributed by atoms with E-state index in [9.17, 15) is 4.21 Å². The Morgan fingerprint density at radius 2 is 2.12 bits per heavy atom. The van der Waals surface area contributed by atoms with Crippen LogP contribution >= 0.6 is 12.2 Å². The monoisotopic (exact) mass is 264 g/mol. The van der Waals surface area contributed by atoms with E-state index in [1.54, 1.807) is 6.26 Å². The molecular weight excluding hydrogens is 244 g/mol. The molecule has 1 fully saturated rings. The molecule has 0 aromatic heterocycles. The van der Waals surface area contributed by atoms with E-state index in [-0.39, 0.29) is 0 Å². The molecule has 0 radical (unpaired) electrons. The van der Waals surface area contributed by atoms with Gasteiger partial charge in [0.2, 0.25) is 0 Å². The summed E-state index contributed by atoms with van der Waals surface area (Å²) in [5.74, 6) is 0.784. The van der Waals surface area contributed by atoms with Crippen LogP contribution in [0.3, 0.4) is 0 Å². The lowest BCUT2D eigenvalue weighted by Gasteiger charge is -2.29. The Labute approximate surface area is 105 Å². The minimum Gasteiger partial charge on any atom is -0.378 e. The van der Waals surface area contributed by atoms with Crippen molar-refractivity contribution in [3.63, 3.8) is 0 Å². The van der Waals surface area contributed by atoms with Gasteiger partial charge in [-0.2, -0.15) is 0 Å². The van der Waals surface area contributed by atoms with Gasteiger partial charge < -0.3 is 15.0 Å². The molecule has 6 heteroatoms. The first-order valence-corrected chi connectivity index (χ1v) is 7.74. The van der Waals surface area contributed by atoms with Crippen molar-refractivity contribution in [3.05, 3.63) is 0 Å². The summed E-state index contributed by atoms with van der Waals surface area (Å²) in [6.07, 6.45) is 3.75. The average molecular weight is 264 g/mol. The van der Waals surface area contributed by atoms with Crippen LogP contribution in [0.1, 0.15) is 12.8 Å². The molecule has 0 spiro atoms. The van der Waals surface area contributed by atoms with Crippen LogP contribution in [0.4, 0.5) is 0 Å². The van der Waals surface area contributed by atoms with Gasteiger partial charge in [0, 0.05) is 42.4 Å². The molecule has 0 bridgehead atoms. The van der Waals surface area contributed by atoms with Crippen molar-refractivity contribution in [2.45, 2.75) is 12.8 Å². The Morgan fingerprint density at radius 3 is 2.75 bits per heavy atom. The Morgan fingerprint density at radius 1 is 1.44 bits per heavy atom. The maximum absolute atomic E-state index is 10.8. The van der Waals surface area contributed by atoms with Crippen molar-refractivity contribution < 1.29 is 8.95 Å². The number of hydrogen-bond acceptors (Lipinski definition) is 3. The predicted octanol–water partition coefficient (Wildman–Crippen LogP) is 0.352. The summed E-state index contributed by atoms with van der Waals surface area (Å²) in [6.45, 7) is 4.15. The first-order chi connectivity index (χ1) is 7.70. The van der Waals surface area contributed by atoms with Crippen LogP contribution in [0, 0.1) is 0 Å². The highest BCUT2D eigenvalue weighted by Crippen LogP contribution is 1.98. The van der Waals surface area contributed by atoms with Crippen molar-refractivity contribution in [2.24, 2.45) is 0 Å². The van der Waals surface area contributed by atoms with E-state index in [0.29, 0.717) is 0 Å². The lowest BCUT2D eigenvalue weighted by molar-refractivity contribution is 0.0677. The van der Waals surface area contributed by atoms with Gasteiger partial charge >= 0.3 is 0 Å². The molecule has 1 N–H and O–H groups in total. The SMILES string of the molecule is C[S@@](=O)CCCCNC(=S)N1CCOCC1. The molecule has 0 amide bonds. The third-order valence-corrected chi connectivity index (χ3v) is 3.70. The zero-order valence-electron chi connectivity index (χ0n) is 9.74. The van der Waals surface area contributed by atoms with Crippen LogP contribution in [-0.2, 0) is 15.5 Å². The van der Waals surface area contributed by atoms with Gasteiger partial charge in [-0.15, -0.1) is 0 Å². The van der Waals surface area contributed by atoms with Crippen LogP contribution < -0.4 is 5.32 Å². The summed E-state index contributed by atoms with van der Waals surface area (Å²) in [5.41, 5.74) is 0. The average Bonchev–Trinajstić information content (AvgIpc) is 2.29. The smallest absolute Gasteiger partial charge is 0.169 e. The topological polar surface area (TPSA) is 41.6 Å². The molecule has 1 heterocycles. The Kier molecular flexibility index (Phi) is 6.91. The molecule has 0 aromatic rings. The first kappa shape index (κ1) is 13.9. The van der Waals surface area contributed by atoms with Crippen molar-refractivity contribution in [3.8, 4) is 0 Å². The molecular formula is C10H20N2O2S2. The molecule has 4 nitrogen and oxygen atoms in total. The highest BCUT2D eigenvalue weighted by molar-refractivity contribution is 7.84. The van der Waals surface area contributed by atoms with Crippen LogP contribution in [0.25, 0.3) is 0 Å². The van der Waals surface area contributed by atoms with Gasteiger partial charge in [0.1, 0.15) is 0 Å². The van der Waals surface area contributed by atoms with Gasteiger partial charge in [-0.1, -0.05) is 0 Å². The van der Waals surface area contributed by atoms with E-state index in [1.165, 1.54) is 0 Å². The maximum atomic E-state index is 10.8. The molecule has 1 aliphatic heterocycles. The standard InChI is InChI=1S/C10H20N2O2S2/c1-16(13)9-3-2-4-11-10(15)12-5-7-14-8-6-12/h2-9H2,1H3,(H,11,15)/t16-/m1/s1. The number of nitrogens with zero attached hydrogens (tertiary/aromatic N) is 1. The largest absolute Gasteiger partial charge is 0.378 e. The quantitative estimate of drug-likeness (QED) is 0.573. The molecule has 1 saturated heterocycles. The van der Waals surface area contributed by atoms with Crippen molar-refractivity contribution in [1.82, 2.24) is 10.2 Å². The number of ether oxygens (including phenoxy) is 1. The lowest BCUT2D eigenvalue weighted by atomic mass is 10.3. The van der Waals surface area contributed by atoms with Crippen LogP contribution in [0.15, 0.2) is 0 Å². The van der Waals surface area contributed by atoms with E-state index in [1.807, 2.05) is 0 Å². The number of morpholine rings is 1. The normalized spacial score (nSPS) is 18.2. The fourth-order valence-corrected chi connectivity index (χ4v) is 2.40. The highest BCUT2D eigenvalue weighted by atomic mass is 32.2. The molecule has 1 aliphatic rings. The van der Waals surface area contributed by atoms with E-state index >= 15 is 0 Å². The van der Waals surface area contributed by atoms with E-state index in [0.717, 1.165) is 56.6 Å². The Bertz CT molecular complexity index is 243. The maximum Gasteiger partial charge on any atom is 0.169 e. The summed E-state index contributed by atoms with van der Waals surface area (Å²) in [7, 11) is -0.672. The van der Waals surface area contributed by atoms with Gasteiger partial charge in [-0.25, -0.2) is 0 Å². The second-order valence-electron chi connectivity index (χ2n) is 3.82. The summed E-state index contributed by atoms with van der Waals surface area (Å²) in [6, 6.07) is 0. The van der Waals surface area contributed by atoms with Gasteiger partial charge in [0.15, 0.2) is 5.11 Å². The van der Waals surface area contributed by atoms with Gasteiger partial charge in [0.05, 0.1) is 13.2 Å². The van der Waals surface area contributed by atoms with Crippen LogP contribution in [0.5, 0.6) is 0 Å². The zero-order chi connectivity index (χ0) is 11.8. The molecule has 16 heavy (non-hydrogen) atoms. The molecule has 1 atom stereocenters. The number of hydrogen-bond donors (Lipinski definition) is 1. The number of thiocarbonyl (C=S) groups is 1. The van der Waals surface area contributed by atoms with E-state index in [2.05, 4.69) is 10.2 Å². The molecule has 0 unspecified atom stereocenters. The van der Waals surface area contributed by atoms with Crippen molar-refractivity contribution >= 4 is 28.1 Å².